The Labute approximate surface area is 125 Å². The van der Waals surface area contributed by atoms with Crippen LogP contribution in [-0.4, -0.2) is 28.6 Å². The first-order valence-electron chi connectivity index (χ1n) is 6.14. The Morgan fingerprint density at radius 1 is 1.38 bits per heavy atom. The highest BCUT2D eigenvalue weighted by Crippen LogP contribution is 2.24. The van der Waals surface area contributed by atoms with E-state index >= 15 is 0 Å². The molecule has 0 saturated carbocycles. The second-order valence-corrected chi connectivity index (χ2v) is 4.30. The van der Waals surface area contributed by atoms with Gasteiger partial charge < -0.3 is 14.6 Å². The fourth-order valence-electron chi connectivity index (χ4n) is 1.50. The van der Waals surface area contributed by atoms with Gasteiger partial charge in [0.05, 0.1) is 18.2 Å². The fourth-order valence-corrected chi connectivity index (χ4v) is 1.72. The minimum Gasteiger partial charge on any atom is -0.459 e. The van der Waals surface area contributed by atoms with Crippen molar-refractivity contribution in [3.8, 4) is 11.4 Å². The quantitative estimate of drug-likeness (QED) is 0.680. The van der Waals surface area contributed by atoms with E-state index < -0.39 is 11.9 Å². The van der Waals surface area contributed by atoms with Gasteiger partial charge in [-0.05, 0) is 19.1 Å². The molecule has 21 heavy (non-hydrogen) atoms. The van der Waals surface area contributed by atoms with E-state index in [0.717, 1.165) is 0 Å². The normalized spacial score (nSPS) is 10.2. The van der Waals surface area contributed by atoms with E-state index in [4.69, 9.17) is 16.1 Å². The Kier molecular flexibility index (Phi) is 4.89. The van der Waals surface area contributed by atoms with Gasteiger partial charge in [0.2, 0.25) is 11.7 Å². The number of amides is 1. The van der Waals surface area contributed by atoms with Crippen molar-refractivity contribution in [1.29, 1.82) is 0 Å². The molecule has 0 bridgehead atoms. The zero-order valence-electron chi connectivity index (χ0n) is 11.1. The van der Waals surface area contributed by atoms with Crippen LogP contribution in [0.15, 0.2) is 28.8 Å². The van der Waals surface area contributed by atoms with Crippen LogP contribution < -0.4 is 5.32 Å². The van der Waals surface area contributed by atoms with E-state index in [1.165, 1.54) is 0 Å². The molecule has 0 atom stereocenters. The second kappa shape index (κ2) is 6.85. The van der Waals surface area contributed by atoms with Crippen LogP contribution in [0.1, 0.15) is 12.8 Å². The van der Waals surface area contributed by atoms with Crippen molar-refractivity contribution in [2.75, 3.05) is 6.61 Å². The molecule has 0 aliphatic carbocycles. The van der Waals surface area contributed by atoms with Crippen molar-refractivity contribution in [2.24, 2.45) is 0 Å². The van der Waals surface area contributed by atoms with Crippen molar-refractivity contribution < 1.29 is 18.8 Å². The first kappa shape index (κ1) is 15.0. The zero-order valence-corrected chi connectivity index (χ0v) is 11.9. The minimum absolute atomic E-state index is 0.0743. The molecule has 1 aromatic heterocycles. The number of carbonyl (C=O) groups excluding carboxylic acids is 2. The number of halogens is 1. The average Bonchev–Trinajstić information content (AvgIpc) is 2.94. The third-order valence-corrected chi connectivity index (χ3v) is 2.77. The molecule has 8 heteroatoms. The van der Waals surface area contributed by atoms with Crippen LogP contribution in [-0.2, 0) is 20.9 Å². The first-order chi connectivity index (χ1) is 10.1. The average molecular weight is 310 g/mol. The van der Waals surface area contributed by atoms with E-state index in [1.807, 2.05) is 0 Å². The number of esters is 1. The standard InChI is InChI=1S/C13H12ClN3O4/c1-2-20-13(19)12(18)15-7-10-16-11(17-21-10)8-5-3-4-6-9(8)14/h3-6H,2,7H2,1H3,(H,15,18). The molecule has 2 rings (SSSR count). The number of ether oxygens (including phenoxy) is 1. The molecule has 1 heterocycles. The number of carbonyl (C=O) groups is 2. The summed E-state index contributed by atoms with van der Waals surface area (Å²) >= 11 is 6.02. The highest BCUT2D eigenvalue weighted by Gasteiger charge is 2.16. The lowest BCUT2D eigenvalue weighted by Crippen LogP contribution is -2.32. The Morgan fingerprint density at radius 2 is 2.14 bits per heavy atom. The summed E-state index contributed by atoms with van der Waals surface area (Å²) < 4.78 is 9.52. The molecule has 0 unspecified atom stereocenters. The molecule has 1 aromatic carbocycles. The van der Waals surface area contributed by atoms with Gasteiger partial charge in [-0.15, -0.1) is 0 Å². The van der Waals surface area contributed by atoms with Gasteiger partial charge in [-0.2, -0.15) is 4.98 Å². The van der Waals surface area contributed by atoms with Gasteiger partial charge in [-0.1, -0.05) is 28.9 Å². The largest absolute Gasteiger partial charge is 0.459 e. The molecule has 7 nitrogen and oxygen atoms in total. The summed E-state index contributed by atoms with van der Waals surface area (Å²) in [6.45, 7) is 1.66. The van der Waals surface area contributed by atoms with Crippen LogP contribution in [0.25, 0.3) is 11.4 Å². The molecule has 2 aromatic rings. The topological polar surface area (TPSA) is 94.3 Å². The van der Waals surface area contributed by atoms with E-state index in [-0.39, 0.29) is 19.0 Å². The maximum Gasteiger partial charge on any atom is 0.396 e. The third-order valence-electron chi connectivity index (χ3n) is 2.44. The molecule has 1 N–H and O–H groups in total. The Balaban J connectivity index is 2.00. The van der Waals surface area contributed by atoms with Gasteiger partial charge in [0.15, 0.2) is 0 Å². The highest BCUT2D eigenvalue weighted by molar-refractivity contribution is 6.33. The molecular formula is C13H12ClN3O4. The summed E-state index contributed by atoms with van der Waals surface area (Å²) in [6.07, 6.45) is 0. The number of nitrogens with zero attached hydrogens (tertiary/aromatic N) is 2. The van der Waals surface area contributed by atoms with Gasteiger partial charge in [0, 0.05) is 5.56 Å². The lowest BCUT2D eigenvalue weighted by Gasteiger charge is -2.01. The molecule has 0 saturated heterocycles. The van der Waals surface area contributed by atoms with E-state index in [2.05, 4.69) is 20.2 Å². The predicted molar refractivity (Wildman–Crippen MR) is 73.2 cm³/mol. The van der Waals surface area contributed by atoms with Gasteiger partial charge >= 0.3 is 11.9 Å². The summed E-state index contributed by atoms with van der Waals surface area (Å²) in [6, 6.07) is 7.02. The van der Waals surface area contributed by atoms with Gasteiger partial charge in [0.1, 0.15) is 0 Å². The van der Waals surface area contributed by atoms with Gasteiger partial charge in [-0.3, -0.25) is 4.79 Å². The zero-order chi connectivity index (χ0) is 15.2. The van der Waals surface area contributed by atoms with Crippen LogP contribution in [0.3, 0.4) is 0 Å². The van der Waals surface area contributed by atoms with Crippen LogP contribution in [0.4, 0.5) is 0 Å². The summed E-state index contributed by atoms with van der Waals surface area (Å²) in [5.74, 6) is -1.36. The molecule has 0 aliphatic rings. The van der Waals surface area contributed by atoms with Crippen LogP contribution >= 0.6 is 11.6 Å². The minimum atomic E-state index is -0.955. The van der Waals surface area contributed by atoms with Gasteiger partial charge in [0.25, 0.3) is 0 Å². The fraction of sp³-hybridized carbons (Fsp3) is 0.231. The smallest absolute Gasteiger partial charge is 0.396 e. The Hall–Kier alpha value is -2.41. The van der Waals surface area contributed by atoms with Crippen molar-refractivity contribution >= 4 is 23.5 Å². The molecular weight excluding hydrogens is 298 g/mol. The van der Waals surface area contributed by atoms with Crippen molar-refractivity contribution in [3.63, 3.8) is 0 Å². The molecule has 0 fully saturated rings. The summed E-state index contributed by atoms with van der Waals surface area (Å²) in [5, 5.41) is 6.58. The second-order valence-electron chi connectivity index (χ2n) is 3.89. The van der Waals surface area contributed by atoms with Crippen molar-refractivity contribution in [2.45, 2.75) is 13.5 Å². The first-order valence-corrected chi connectivity index (χ1v) is 6.52. The maximum absolute atomic E-state index is 11.3. The molecule has 0 aliphatic heterocycles. The van der Waals surface area contributed by atoms with Crippen LogP contribution in [0, 0.1) is 0 Å². The summed E-state index contributed by atoms with van der Waals surface area (Å²) in [4.78, 5) is 26.5. The predicted octanol–water partition coefficient (Wildman–Crippen LogP) is 1.57. The Bertz CT molecular complexity index is 656. The SMILES string of the molecule is CCOC(=O)C(=O)NCc1nc(-c2ccccc2Cl)no1. The van der Waals surface area contributed by atoms with Gasteiger partial charge in [-0.25, -0.2) is 4.79 Å². The van der Waals surface area contributed by atoms with E-state index in [0.29, 0.717) is 16.4 Å². The number of hydrogen-bond donors (Lipinski definition) is 1. The Morgan fingerprint density at radius 3 is 2.86 bits per heavy atom. The molecule has 1 amide bonds. The monoisotopic (exact) mass is 309 g/mol. The summed E-state index contributed by atoms with van der Waals surface area (Å²) in [5.41, 5.74) is 0.617. The lowest BCUT2D eigenvalue weighted by atomic mass is 10.2. The lowest BCUT2D eigenvalue weighted by molar-refractivity contribution is -0.154. The number of rotatable bonds is 4. The molecule has 0 spiro atoms. The maximum atomic E-state index is 11.3. The van der Waals surface area contributed by atoms with E-state index in [1.54, 1.807) is 31.2 Å². The number of nitrogens with one attached hydrogen (secondary N) is 1. The summed E-state index contributed by atoms with van der Waals surface area (Å²) in [7, 11) is 0. The van der Waals surface area contributed by atoms with Crippen LogP contribution in [0.2, 0.25) is 5.02 Å². The highest BCUT2D eigenvalue weighted by atomic mass is 35.5. The van der Waals surface area contributed by atoms with Crippen LogP contribution in [0.5, 0.6) is 0 Å². The van der Waals surface area contributed by atoms with Crippen molar-refractivity contribution in [3.05, 3.63) is 35.2 Å². The van der Waals surface area contributed by atoms with Crippen molar-refractivity contribution in [1.82, 2.24) is 15.5 Å². The number of hydrogen-bond acceptors (Lipinski definition) is 6. The molecule has 110 valence electrons. The molecule has 0 radical (unpaired) electrons. The van der Waals surface area contributed by atoms with E-state index in [9.17, 15) is 9.59 Å². The number of aromatic nitrogens is 2. The number of benzene rings is 1. The third kappa shape index (κ3) is 3.79.